The van der Waals surface area contributed by atoms with E-state index in [0.29, 0.717) is 17.1 Å². The first kappa shape index (κ1) is 16.8. The normalized spacial score (nSPS) is 12.9. The van der Waals surface area contributed by atoms with Crippen LogP contribution in [0.15, 0.2) is 18.2 Å². The third kappa shape index (κ3) is 5.77. The molecule has 1 amide bonds. The molecule has 0 aliphatic rings. The summed E-state index contributed by atoms with van der Waals surface area (Å²) in [7, 11) is 0. The van der Waals surface area contributed by atoms with Gasteiger partial charge in [0.15, 0.2) is 0 Å². The number of aliphatic hydroxyl groups is 1. The Labute approximate surface area is 124 Å². The predicted molar refractivity (Wildman–Crippen MR) is 80.1 cm³/mol. The number of ether oxygens (including phenoxy) is 1. The van der Waals surface area contributed by atoms with Crippen LogP contribution in [0.25, 0.3) is 0 Å². The first-order valence-electron chi connectivity index (χ1n) is 6.36. The molecule has 0 saturated heterocycles. The summed E-state index contributed by atoms with van der Waals surface area (Å²) in [6.07, 6.45) is -0.127. The number of anilines is 1. The summed E-state index contributed by atoms with van der Waals surface area (Å²) < 4.78 is 5.19. The van der Waals surface area contributed by atoms with Crippen molar-refractivity contribution in [3.8, 4) is 0 Å². The van der Waals surface area contributed by atoms with Gasteiger partial charge in [-0.05, 0) is 44.9 Å². The number of rotatable bonds is 4. The van der Waals surface area contributed by atoms with Crippen molar-refractivity contribution in [3.63, 3.8) is 0 Å². The smallest absolute Gasteiger partial charge is 0.412 e. The van der Waals surface area contributed by atoms with E-state index < -0.39 is 17.7 Å². The van der Waals surface area contributed by atoms with E-state index >= 15 is 0 Å². The van der Waals surface area contributed by atoms with Crippen molar-refractivity contribution >= 4 is 23.4 Å². The highest BCUT2D eigenvalue weighted by Crippen LogP contribution is 2.23. The van der Waals surface area contributed by atoms with Crippen molar-refractivity contribution in [2.75, 3.05) is 11.9 Å². The van der Waals surface area contributed by atoms with Crippen molar-refractivity contribution in [3.05, 3.63) is 28.8 Å². The molecule has 5 nitrogen and oxygen atoms in total. The van der Waals surface area contributed by atoms with E-state index in [-0.39, 0.29) is 6.61 Å². The molecule has 6 heteroatoms. The Morgan fingerprint density at radius 2 is 2.15 bits per heavy atom. The number of nitrogens with two attached hydrogens (primary N) is 1. The fourth-order valence-corrected chi connectivity index (χ4v) is 1.78. The number of aliphatic hydroxyl groups excluding tert-OH is 1. The number of carbonyl (C=O) groups excluding carboxylic acids is 1. The minimum absolute atomic E-state index is 0.130. The minimum atomic E-state index is -0.579. The van der Waals surface area contributed by atoms with E-state index in [1.54, 1.807) is 39.0 Å². The summed E-state index contributed by atoms with van der Waals surface area (Å²) in [6, 6.07) is 4.71. The number of amides is 1. The van der Waals surface area contributed by atoms with Gasteiger partial charge in [0.1, 0.15) is 5.60 Å². The van der Waals surface area contributed by atoms with Crippen molar-refractivity contribution < 1.29 is 14.6 Å². The van der Waals surface area contributed by atoms with Crippen molar-refractivity contribution in [1.29, 1.82) is 0 Å². The van der Waals surface area contributed by atoms with Crippen LogP contribution in [0.4, 0.5) is 10.5 Å². The number of hydrogen-bond donors (Lipinski definition) is 3. The molecular formula is C14H21ClN2O3. The topological polar surface area (TPSA) is 84.6 Å². The molecule has 0 aromatic heterocycles. The van der Waals surface area contributed by atoms with Gasteiger partial charge in [-0.15, -0.1) is 0 Å². The minimum Gasteiger partial charge on any atom is -0.444 e. The second-order valence-electron chi connectivity index (χ2n) is 5.58. The van der Waals surface area contributed by atoms with E-state index in [0.717, 1.165) is 5.56 Å². The lowest BCUT2D eigenvalue weighted by Gasteiger charge is -2.21. The Balaban J connectivity index is 2.87. The molecule has 20 heavy (non-hydrogen) atoms. The molecule has 0 radical (unpaired) electrons. The molecule has 0 fully saturated rings. The van der Waals surface area contributed by atoms with Gasteiger partial charge in [0.25, 0.3) is 0 Å². The summed E-state index contributed by atoms with van der Waals surface area (Å²) >= 11 is 5.93. The zero-order chi connectivity index (χ0) is 15.3. The molecule has 0 aliphatic carbocycles. The van der Waals surface area contributed by atoms with Gasteiger partial charge in [0, 0.05) is 16.8 Å². The standard InChI is InChI=1S/C14H21ClN2O3/c1-14(2,3)20-13(19)17-12-7-10(15)5-4-9(12)6-11(16)8-18/h4-5,7,11,18H,6,8,16H2,1-3H3,(H,17,19). The fourth-order valence-electron chi connectivity index (χ4n) is 1.60. The predicted octanol–water partition coefficient (Wildman–Crippen LogP) is 2.55. The monoisotopic (exact) mass is 300 g/mol. The first-order chi connectivity index (χ1) is 9.21. The Hall–Kier alpha value is -1.30. The maximum atomic E-state index is 11.8. The van der Waals surface area contributed by atoms with Crippen LogP contribution in [-0.2, 0) is 11.2 Å². The summed E-state index contributed by atoms with van der Waals surface area (Å²) in [5.41, 5.74) is 6.47. The van der Waals surface area contributed by atoms with Gasteiger partial charge in [-0.1, -0.05) is 17.7 Å². The average Bonchev–Trinajstić information content (AvgIpc) is 2.29. The van der Waals surface area contributed by atoms with Gasteiger partial charge in [-0.3, -0.25) is 5.32 Å². The average molecular weight is 301 g/mol. The molecule has 0 saturated carbocycles. The molecular weight excluding hydrogens is 280 g/mol. The molecule has 1 atom stereocenters. The van der Waals surface area contributed by atoms with Gasteiger partial charge in [0.05, 0.1) is 6.61 Å². The molecule has 1 aromatic carbocycles. The first-order valence-corrected chi connectivity index (χ1v) is 6.74. The van der Waals surface area contributed by atoms with E-state index in [2.05, 4.69) is 5.32 Å². The molecule has 112 valence electrons. The fraction of sp³-hybridized carbons (Fsp3) is 0.500. The molecule has 1 rings (SSSR count). The van der Waals surface area contributed by atoms with Crippen molar-refractivity contribution in [2.45, 2.75) is 38.8 Å². The van der Waals surface area contributed by atoms with Crippen LogP contribution >= 0.6 is 11.6 Å². The lowest BCUT2D eigenvalue weighted by molar-refractivity contribution is 0.0636. The van der Waals surface area contributed by atoms with E-state index in [4.69, 9.17) is 27.2 Å². The van der Waals surface area contributed by atoms with Crippen LogP contribution in [0.1, 0.15) is 26.3 Å². The van der Waals surface area contributed by atoms with E-state index in [1.807, 2.05) is 0 Å². The largest absolute Gasteiger partial charge is 0.444 e. The number of halogens is 1. The van der Waals surface area contributed by atoms with Crippen LogP contribution < -0.4 is 11.1 Å². The van der Waals surface area contributed by atoms with Crippen molar-refractivity contribution in [1.82, 2.24) is 0 Å². The molecule has 0 heterocycles. The van der Waals surface area contributed by atoms with Crippen LogP contribution in [0.5, 0.6) is 0 Å². The van der Waals surface area contributed by atoms with Gasteiger partial charge >= 0.3 is 6.09 Å². The van der Waals surface area contributed by atoms with Crippen molar-refractivity contribution in [2.24, 2.45) is 5.73 Å². The maximum absolute atomic E-state index is 11.8. The van der Waals surface area contributed by atoms with Crippen LogP contribution in [0, 0.1) is 0 Å². The third-order valence-corrected chi connectivity index (χ3v) is 2.66. The van der Waals surface area contributed by atoms with Crippen LogP contribution in [0.2, 0.25) is 5.02 Å². The molecule has 0 spiro atoms. The second-order valence-corrected chi connectivity index (χ2v) is 6.01. The highest BCUT2D eigenvalue weighted by Gasteiger charge is 2.18. The zero-order valence-corrected chi connectivity index (χ0v) is 12.7. The Bertz CT molecular complexity index is 472. The maximum Gasteiger partial charge on any atom is 0.412 e. The third-order valence-electron chi connectivity index (χ3n) is 2.42. The quantitative estimate of drug-likeness (QED) is 0.798. The molecule has 0 bridgehead atoms. The highest BCUT2D eigenvalue weighted by atomic mass is 35.5. The lowest BCUT2D eigenvalue weighted by atomic mass is 10.0. The van der Waals surface area contributed by atoms with E-state index in [9.17, 15) is 4.79 Å². The van der Waals surface area contributed by atoms with Gasteiger partial charge in [-0.25, -0.2) is 4.79 Å². The summed E-state index contributed by atoms with van der Waals surface area (Å²) in [5.74, 6) is 0. The van der Waals surface area contributed by atoms with E-state index in [1.165, 1.54) is 0 Å². The van der Waals surface area contributed by atoms with Crippen LogP contribution in [0.3, 0.4) is 0 Å². The zero-order valence-electron chi connectivity index (χ0n) is 11.9. The molecule has 1 aromatic rings. The molecule has 4 N–H and O–H groups in total. The summed E-state index contributed by atoms with van der Waals surface area (Å²) in [5, 5.41) is 12.2. The summed E-state index contributed by atoms with van der Waals surface area (Å²) in [6.45, 7) is 5.22. The molecule has 0 aliphatic heterocycles. The SMILES string of the molecule is CC(C)(C)OC(=O)Nc1cc(Cl)ccc1CC(N)CO. The summed E-state index contributed by atoms with van der Waals surface area (Å²) in [4.78, 5) is 11.8. The van der Waals surface area contributed by atoms with Gasteiger partial charge < -0.3 is 15.6 Å². The van der Waals surface area contributed by atoms with Gasteiger partial charge in [0.2, 0.25) is 0 Å². The second kappa shape index (κ2) is 6.92. The highest BCUT2D eigenvalue weighted by molar-refractivity contribution is 6.31. The number of carbonyl (C=O) groups is 1. The lowest BCUT2D eigenvalue weighted by Crippen LogP contribution is -2.29. The number of hydrogen-bond acceptors (Lipinski definition) is 4. The number of benzene rings is 1. The Kier molecular flexibility index (Phi) is 5.80. The Morgan fingerprint density at radius 3 is 2.70 bits per heavy atom. The van der Waals surface area contributed by atoms with Crippen LogP contribution in [-0.4, -0.2) is 29.4 Å². The number of nitrogens with one attached hydrogen (secondary N) is 1. The Morgan fingerprint density at radius 1 is 1.50 bits per heavy atom. The van der Waals surface area contributed by atoms with Gasteiger partial charge in [-0.2, -0.15) is 0 Å². The molecule has 1 unspecified atom stereocenters.